The van der Waals surface area contributed by atoms with Crippen LogP contribution in [0.15, 0.2) is 18.2 Å². The van der Waals surface area contributed by atoms with Crippen molar-refractivity contribution < 1.29 is 17.9 Å². The number of halogens is 3. The van der Waals surface area contributed by atoms with Crippen molar-refractivity contribution in [1.82, 2.24) is 0 Å². The minimum Gasteiger partial charge on any atom is -0.379 e. The zero-order valence-electron chi connectivity index (χ0n) is 11.8. The van der Waals surface area contributed by atoms with Crippen molar-refractivity contribution in [3.8, 4) is 6.07 Å². The Hall–Kier alpha value is -1.74. The van der Waals surface area contributed by atoms with E-state index in [0.717, 1.165) is 12.7 Å². The maximum atomic E-state index is 12.9. The van der Waals surface area contributed by atoms with Gasteiger partial charge in [-0.3, -0.25) is 0 Å². The van der Waals surface area contributed by atoms with Crippen molar-refractivity contribution in [3.05, 3.63) is 29.3 Å². The Balaban J connectivity index is 1.99. The topological polar surface area (TPSA) is 36.3 Å². The molecule has 0 heterocycles. The van der Waals surface area contributed by atoms with Gasteiger partial charge >= 0.3 is 6.18 Å². The van der Waals surface area contributed by atoms with Gasteiger partial charge in [0.05, 0.1) is 23.8 Å². The molecule has 1 aromatic rings. The van der Waals surface area contributed by atoms with Crippen molar-refractivity contribution >= 4 is 5.69 Å². The third-order valence-electron chi connectivity index (χ3n) is 3.49. The Morgan fingerprint density at radius 2 is 2.10 bits per heavy atom. The summed E-state index contributed by atoms with van der Waals surface area (Å²) in [5.74, 6) is 0.669. The Kier molecular flexibility index (Phi) is 4.73. The molecule has 0 radical (unpaired) electrons. The van der Waals surface area contributed by atoms with Gasteiger partial charge in [-0.25, -0.2) is 0 Å². The van der Waals surface area contributed by atoms with Crippen LogP contribution < -0.4 is 4.90 Å². The van der Waals surface area contributed by atoms with Crippen LogP contribution in [0.1, 0.15) is 24.0 Å². The average molecular weight is 298 g/mol. The number of likely N-dealkylation sites (N-methyl/N-ethyl adjacent to an activating group) is 1. The molecule has 0 unspecified atom stereocenters. The predicted octanol–water partition coefficient (Wildman–Crippen LogP) is 3.44. The molecule has 0 aromatic heterocycles. The minimum atomic E-state index is -4.52. The van der Waals surface area contributed by atoms with Crippen molar-refractivity contribution in [3.63, 3.8) is 0 Å². The molecule has 21 heavy (non-hydrogen) atoms. The molecule has 0 N–H and O–H groups in total. The third-order valence-corrected chi connectivity index (χ3v) is 3.49. The van der Waals surface area contributed by atoms with Gasteiger partial charge in [0.1, 0.15) is 0 Å². The van der Waals surface area contributed by atoms with Crippen LogP contribution in [-0.4, -0.2) is 26.8 Å². The molecule has 3 nitrogen and oxygen atoms in total. The summed E-state index contributed by atoms with van der Waals surface area (Å²) in [6.45, 7) is 1.72. The van der Waals surface area contributed by atoms with Crippen LogP contribution in [0.3, 0.4) is 0 Å². The highest BCUT2D eigenvalue weighted by Gasteiger charge is 2.34. The minimum absolute atomic E-state index is 0.357. The lowest BCUT2D eigenvalue weighted by molar-refractivity contribution is -0.137. The average Bonchev–Trinajstić information content (AvgIpc) is 3.26. The first-order valence-electron chi connectivity index (χ1n) is 6.82. The van der Waals surface area contributed by atoms with E-state index in [1.807, 2.05) is 0 Å². The summed E-state index contributed by atoms with van der Waals surface area (Å²) in [5, 5.41) is 8.76. The van der Waals surface area contributed by atoms with Gasteiger partial charge in [0.15, 0.2) is 0 Å². The van der Waals surface area contributed by atoms with E-state index in [4.69, 9.17) is 10.00 Å². The lowest BCUT2D eigenvalue weighted by atomic mass is 10.1. The molecule has 0 amide bonds. The van der Waals surface area contributed by atoms with Crippen LogP contribution in [0.25, 0.3) is 0 Å². The highest BCUT2D eigenvalue weighted by molar-refractivity contribution is 5.54. The molecule has 2 rings (SSSR count). The van der Waals surface area contributed by atoms with E-state index >= 15 is 0 Å². The monoisotopic (exact) mass is 298 g/mol. The summed E-state index contributed by atoms with van der Waals surface area (Å²) < 4.78 is 44.1. The van der Waals surface area contributed by atoms with E-state index in [2.05, 4.69) is 0 Å². The number of benzene rings is 1. The molecule has 114 valence electrons. The number of anilines is 1. The van der Waals surface area contributed by atoms with Gasteiger partial charge in [-0.15, -0.1) is 0 Å². The summed E-state index contributed by atoms with van der Waals surface area (Å²) in [7, 11) is 1.71. The molecule has 0 spiro atoms. The van der Waals surface area contributed by atoms with E-state index in [1.165, 1.54) is 25.0 Å². The summed E-state index contributed by atoms with van der Waals surface area (Å²) in [5.41, 5.74) is -0.825. The van der Waals surface area contributed by atoms with Crippen molar-refractivity contribution in [2.75, 3.05) is 31.7 Å². The second kappa shape index (κ2) is 6.35. The fourth-order valence-corrected chi connectivity index (χ4v) is 1.97. The maximum Gasteiger partial charge on any atom is 0.417 e. The molecule has 1 aliphatic carbocycles. The van der Waals surface area contributed by atoms with Crippen LogP contribution in [0.2, 0.25) is 0 Å². The second-order valence-electron chi connectivity index (χ2n) is 5.28. The highest BCUT2D eigenvalue weighted by Crippen LogP contribution is 2.34. The number of nitrogens with zero attached hydrogens (tertiary/aromatic N) is 2. The van der Waals surface area contributed by atoms with Gasteiger partial charge in [-0.1, -0.05) is 0 Å². The zero-order valence-corrected chi connectivity index (χ0v) is 11.8. The molecule has 6 heteroatoms. The second-order valence-corrected chi connectivity index (χ2v) is 5.28. The van der Waals surface area contributed by atoms with E-state index < -0.39 is 11.7 Å². The third kappa shape index (κ3) is 4.36. The summed E-state index contributed by atoms with van der Waals surface area (Å²) in [6, 6.07) is 5.32. The van der Waals surface area contributed by atoms with Gasteiger partial charge in [-0.2, -0.15) is 18.4 Å². The fourth-order valence-electron chi connectivity index (χ4n) is 1.97. The molecule has 0 saturated heterocycles. The van der Waals surface area contributed by atoms with Gasteiger partial charge in [0.25, 0.3) is 0 Å². The van der Waals surface area contributed by atoms with E-state index in [9.17, 15) is 13.2 Å². The number of rotatable bonds is 6. The smallest absolute Gasteiger partial charge is 0.379 e. The quantitative estimate of drug-likeness (QED) is 0.755. The van der Waals surface area contributed by atoms with Gasteiger partial charge < -0.3 is 9.64 Å². The lowest BCUT2D eigenvalue weighted by Crippen LogP contribution is -2.23. The lowest BCUT2D eigenvalue weighted by Gasteiger charge is -2.21. The predicted molar refractivity (Wildman–Crippen MR) is 73.0 cm³/mol. The van der Waals surface area contributed by atoms with E-state index in [0.29, 0.717) is 24.8 Å². The van der Waals surface area contributed by atoms with E-state index in [1.54, 1.807) is 18.0 Å². The van der Waals surface area contributed by atoms with Crippen LogP contribution in [0.5, 0.6) is 0 Å². The number of nitriles is 1. The van der Waals surface area contributed by atoms with Crippen LogP contribution >= 0.6 is 0 Å². The summed E-state index contributed by atoms with van der Waals surface area (Å²) >= 11 is 0. The molecule has 1 aromatic carbocycles. The molecular formula is C15H17F3N2O. The number of alkyl halides is 3. The van der Waals surface area contributed by atoms with Crippen LogP contribution in [0, 0.1) is 17.2 Å². The Bertz CT molecular complexity index is 533. The number of hydrogen-bond acceptors (Lipinski definition) is 3. The number of ether oxygens (including phenoxy) is 1. The summed E-state index contributed by atoms with van der Waals surface area (Å²) in [6.07, 6.45) is -2.11. The molecule has 0 aliphatic heterocycles. The Labute approximate surface area is 121 Å². The molecule has 1 fully saturated rings. The van der Waals surface area contributed by atoms with Crippen molar-refractivity contribution in [1.29, 1.82) is 5.26 Å². The van der Waals surface area contributed by atoms with Gasteiger partial charge in [0.2, 0.25) is 0 Å². The first-order valence-corrected chi connectivity index (χ1v) is 6.82. The van der Waals surface area contributed by atoms with Gasteiger partial charge in [0, 0.05) is 25.9 Å². The van der Waals surface area contributed by atoms with Crippen molar-refractivity contribution in [2.45, 2.75) is 19.0 Å². The standard InChI is InChI=1S/C15H17F3N2O/c1-20(6-7-21-10-11-2-3-11)13-5-4-12(9-19)14(8-13)15(16,17)18/h4-5,8,11H,2-3,6-7,10H2,1H3. The molecule has 0 atom stereocenters. The first kappa shape index (κ1) is 15.6. The maximum absolute atomic E-state index is 12.9. The fraction of sp³-hybridized carbons (Fsp3) is 0.533. The summed E-state index contributed by atoms with van der Waals surface area (Å²) in [4.78, 5) is 1.70. The normalized spacial score (nSPS) is 14.8. The molecule has 1 saturated carbocycles. The first-order chi connectivity index (χ1) is 9.91. The number of hydrogen-bond donors (Lipinski definition) is 0. The SMILES string of the molecule is CN(CCOCC1CC1)c1ccc(C#N)c(C(F)(F)F)c1. The van der Waals surface area contributed by atoms with Crippen LogP contribution in [-0.2, 0) is 10.9 Å². The van der Waals surface area contributed by atoms with Crippen LogP contribution in [0.4, 0.5) is 18.9 Å². The Morgan fingerprint density at radius 3 is 2.67 bits per heavy atom. The molecular weight excluding hydrogens is 281 g/mol. The highest BCUT2D eigenvalue weighted by atomic mass is 19.4. The van der Waals surface area contributed by atoms with Gasteiger partial charge in [-0.05, 0) is 37.0 Å². The largest absolute Gasteiger partial charge is 0.417 e. The Morgan fingerprint density at radius 1 is 1.38 bits per heavy atom. The van der Waals surface area contributed by atoms with Crippen molar-refractivity contribution in [2.24, 2.45) is 5.92 Å². The molecule has 0 bridgehead atoms. The van der Waals surface area contributed by atoms with E-state index in [-0.39, 0.29) is 5.56 Å². The zero-order chi connectivity index (χ0) is 15.5. The molecule has 1 aliphatic rings.